The Bertz CT molecular complexity index is 978. The van der Waals surface area contributed by atoms with Crippen LogP contribution >= 0.6 is 0 Å². The summed E-state index contributed by atoms with van der Waals surface area (Å²) in [5.74, 6) is -1.44. The molecule has 0 aliphatic carbocycles. The number of aromatic nitrogens is 2. The standard InChI is InChI=1S/C17H14N4O5/c1-11-5-4-6-13(21(24)25)16(11)19-15(22)10-26-17(23)12-9-20-8-3-2-7-14(20)18-12/h2-9H,10H2,1H3,(H,19,22). The van der Waals surface area contributed by atoms with E-state index in [2.05, 4.69) is 10.3 Å². The maximum atomic E-state index is 12.0. The normalized spacial score (nSPS) is 10.5. The number of rotatable bonds is 5. The molecule has 0 aliphatic rings. The number of nitrogens with zero attached hydrogens (tertiary/aromatic N) is 3. The molecule has 0 unspecified atom stereocenters. The predicted molar refractivity (Wildman–Crippen MR) is 91.9 cm³/mol. The number of nitrogens with one attached hydrogen (secondary N) is 1. The molecule has 0 aliphatic heterocycles. The van der Waals surface area contributed by atoms with Crippen LogP contribution in [-0.4, -0.2) is 32.8 Å². The lowest BCUT2D eigenvalue weighted by Crippen LogP contribution is -2.22. The Morgan fingerprint density at radius 3 is 2.81 bits per heavy atom. The molecule has 2 aromatic heterocycles. The van der Waals surface area contributed by atoms with Crippen LogP contribution in [0.15, 0.2) is 48.8 Å². The van der Waals surface area contributed by atoms with Gasteiger partial charge in [0.05, 0.1) is 4.92 Å². The monoisotopic (exact) mass is 354 g/mol. The second kappa shape index (κ2) is 7.01. The van der Waals surface area contributed by atoms with Crippen LogP contribution in [0.1, 0.15) is 16.1 Å². The van der Waals surface area contributed by atoms with E-state index in [9.17, 15) is 19.7 Å². The SMILES string of the molecule is Cc1cccc([N+](=O)[O-])c1NC(=O)COC(=O)c1cn2ccccc2n1. The van der Waals surface area contributed by atoms with E-state index in [1.807, 2.05) is 0 Å². The van der Waals surface area contributed by atoms with Crippen molar-refractivity contribution in [2.45, 2.75) is 6.92 Å². The van der Waals surface area contributed by atoms with Gasteiger partial charge in [0.2, 0.25) is 0 Å². The van der Waals surface area contributed by atoms with Gasteiger partial charge in [0.15, 0.2) is 12.3 Å². The maximum absolute atomic E-state index is 12.0. The second-order valence-electron chi connectivity index (χ2n) is 5.44. The molecule has 26 heavy (non-hydrogen) atoms. The van der Waals surface area contributed by atoms with E-state index in [0.717, 1.165) is 0 Å². The van der Waals surface area contributed by atoms with E-state index in [-0.39, 0.29) is 17.1 Å². The summed E-state index contributed by atoms with van der Waals surface area (Å²) < 4.78 is 6.58. The highest BCUT2D eigenvalue weighted by Crippen LogP contribution is 2.27. The molecule has 0 saturated carbocycles. The van der Waals surface area contributed by atoms with Crippen molar-refractivity contribution >= 4 is 28.9 Å². The van der Waals surface area contributed by atoms with Crippen molar-refractivity contribution in [3.05, 3.63) is 70.2 Å². The van der Waals surface area contributed by atoms with E-state index in [4.69, 9.17) is 4.74 Å². The summed E-state index contributed by atoms with van der Waals surface area (Å²) in [6.07, 6.45) is 3.21. The summed E-state index contributed by atoms with van der Waals surface area (Å²) in [5, 5.41) is 13.5. The van der Waals surface area contributed by atoms with Gasteiger partial charge < -0.3 is 14.5 Å². The molecular weight excluding hydrogens is 340 g/mol. The molecule has 0 fully saturated rings. The first-order chi connectivity index (χ1) is 12.5. The summed E-state index contributed by atoms with van der Waals surface area (Å²) in [6.45, 7) is 1.05. The van der Waals surface area contributed by atoms with Gasteiger partial charge in [-0.15, -0.1) is 0 Å². The minimum absolute atomic E-state index is 0.0610. The quantitative estimate of drug-likeness (QED) is 0.427. The Morgan fingerprint density at radius 1 is 1.27 bits per heavy atom. The van der Waals surface area contributed by atoms with Crippen LogP contribution in [0, 0.1) is 17.0 Å². The molecular formula is C17H14N4O5. The zero-order valence-corrected chi connectivity index (χ0v) is 13.7. The van der Waals surface area contributed by atoms with Crippen LogP contribution in [0.3, 0.4) is 0 Å². The molecule has 1 N–H and O–H groups in total. The van der Waals surface area contributed by atoms with Crippen molar-refractivity contribution in [2.24, 2.45) is 0 Å². The number of carbonyl (C=O) groups excluding carboxylic acids is 2. The first kappa shape index (κ1) is 17.1. The molecule has 132 valence electrons. The Hall–Kier alpha value is -3.75. The third-order valence-electron chi connectivity index (χ3n) is 3.62. The number of nitro groups is 1. The van der Waals surface area contributed by atoms with Gasteiger partial charge in [-0.05, 0) is 24.6 Å². The van der Waals surface area contributed by atoms with Gasteiger partial charge in [0, 0.05) is 18.5 Å². The number of nitro benzene ring substituents is 1. The van der Waals surface area contributed by atoms with Crippen molar-refractivity contribution in [3.8, 4) is 0 Å². The third-order valence-corrected chi connectivity index (χ3v) is 3.62. The van der Waals surface area contributed by atoms with Crippen molar-refractivity contribution < 1.29 is 19.2 Å². The average molecular weight is 354 g/mol. The van der Waals surface area contributed by atoms with Gasteiger partial charge >= 0.3 is 5.97 Å². The molecule has 0 radical (unpaired) electrons. The van der Waals surface area contributed by atoms with Crippen LogP contribution in [0.4, 0.5) is 11.4 Å². The van der Waals surface area contributed by atoms with Crippen molar-refractivity contribution in [2.75, 3.05) is 11.9 Å². The minimum atomic E-state index is -0.761. The molecule has 9 heteroatoms. The number of para-hydroxylation sites is 1. The number of benzene rings is 1. The van der Waals surface area contributed by atoms with Crippen LogP contribution in [0.2, 0.25) is 0 Å². The Kier molecular flexibility index (Phi) is 4.61. The summed E-state index contributed by atoms with van der Waals surface area (Å²) in [5.41, 5.74) is 1.00. The topological polar surface area (TPSA) is 116 Å². The van der Waals surface area contributed by atoms with Gasteiger partial charge in [0.25, 0.3) is 11.6 Å². The number of pyridine rings is 1. The van der Waals surface area contributed by atoms with Gasteiger partial charge in [-0.25, -0.2) is 9.78 Å². The highest BCUT2D eigenvalue weighted by atomic mass is 16.6. The fourth-order valence-electron chi connectivity index (χ4n) is 2.38. The number of fused-ring (bicyclic) bond motifs is 1. The molecule has 1 aromatic carbocycles. The zero-order chi connectivity index (χ0) is 18.7. The average Bonchev–Trinajstić information content (AvgIpc) is 3.05. The summed E-state index contributed by atoms with van der Waals surface area (Å²) in [4.78, 5) is 38.6. The van der Waals surface area contributed by atoms with Crippen LogP contribution in [0.25, 0.3) is 5.65 Å². The first-order valence-electron chi connectivity index (χ1n) is 7.60. The van der Waals surface area contributed by atoms with Gasteiger partial charge in [-0.1, -0.05) is 18.2 Å². The number of ether oxygens (including phenoxy) is 1. The summed E-state index contributed by atoms with van der Waals surface area (Å²) >= 11 is 0. The van der Waals surface area contributed by atoms with E-state index in [0.29, 0.717) is 11.2 Å². The molecule has 0 saturated heterocycles. The van der Waals surface area contributed by atoms with Crippen LogP contribution < -0.4 is 5.32 Å². The fraction of sp³-hybridized carbons (Fsp3) is 0.118. The van der Waals surface area contributed by atoms with E-state index < -0.39 is 23.4 Å². The number of hydrogen-bond acceptors (Lipinski definition) is 6. The minimum Gasteiger partial charge on any atom is -0.451 e. The highest BCUT2D eigenvalue weighted by molar-refractivity contribution is 5.97. The smallest absolute Gasteiger partial charge is 0.359 e. The largest absolute Gasteiger partial charge is 0.451 e. The Morgan fingerprint density at radius 2 is 2.08 bits per heavy atom. The van der Waals surface area contributed by atoms with Gasteiger partial charge in [-0.2, -0.15) is 0 Å². The van der Waals surface area contributed by atoms with E-state index in [1.165, 1.54) is 18.3 Å². The van der Waals surface area contributed by atoms with Crippen molar-refractivity contribution in [1.29, 1.82) is 0 Å². The zero-order valence-electron chi connectivity index (χ0n) is 13.7. The van der Waals surface area contributed by atoms with Crippen molar-refractivity contribution in [3.63, 3.8) is 0 Å². The van der Waals surface area contributed by atoms with Crippen LogP contribution in [0.5, 0.6) is 0 Å². The number of esters is 1. The molecule has 3 aromatic rings. The second-order valence-corrected chi connectivity index (χ2v) is 5.44. The summed E-state index contributed by atoms with van der Waals surface area (Å²) in [7, 11) is 0. The first-order valence-corrected chi connectivity index (χ1v) is 7.60. The predicted octanol–water partition coefficient (Wildman–Crippen LogP) is 2.35. The lowest BCUT2D eigenvalue weighted by Gasteiger charge is -2.09. The third kappa shape index (κ3) is 3.51. The molecule has 0 atom stereocenters. The Labute approximate surface area is 147 Å². The number of carbonyl (C=O) groups is 2. The lowest BCUT2D eigenvalue weighted by atomic mass is 10.1. The molecule has 1 amide bonds. The summed E-state index contributed by atoms with van der Waals surface area (Å²) in [6, 6.07) is 9.72. The fourth-order valence-corrected chi connectivity index (χ4v) is 2.38. The van der Waals surface area contributed by atoms with E-state index in [1.54, 1.807) is 41.8 Å². The molecule has 2 heterocycles. The number of anilines is 1. The number of aryl methyl sites for hydroxylation is 1. The number of amides is 1. The Balaban J connectivity index is 1.66. The van der Waals surface area contributed by atoms with Crippen LogP contribution in [-0.2, 0) is 9.53 Å². The molecule has 0 spiro atoms. The number of imidazole rings is 1. The van der Waals surface area contributed by atoms with Gasteiger partial charge in [0.1, 0.15) is 11.3 Å². The molecule has 0 bridgehead atoms. The number of hydrogen-bond donors (Lipinski definition) is 1. The highest BCUT2D eigenvalue weighted by Gasteiger charge is 2.19. The van der Waals surface area contributed by atoms with E-state index >= 15 is 0 Å². The molecule has 3 rings (SSSR count). The maximum Gasteiger partial charge on any atom is 0.359 e. The lowest BCUT2D eigenvalue weighted by molar-refractivity contribution is -0.384. The van der Waals surface area contributed by atoms with Crippen molar-refractivity contribution in [1.82, 2.24) is 9.38 Å². The van der Waals surface area contributed by atoms with Gasteiger partial charge in [-0.3, -0.25) is 14.9 Å². The molecule has 9 nitrogen and oxygen atoms in total.